The number of fused-ring (bicyclic) bond motifs is 2. The lowest BCUT2D eigenvalue weighted by Crippen LogP contribution is -2.68. The van der Waals surface area contributed by atoms with Crippen LogP contribution in [-0.4, -0.2) is 73.9 Å². The van der Waals surface area contributed by atoms with E-state index in [0.717, 1.165) is 75.7 Å². The van der Waals surface area contributed by atoms with E-state index in [4.69, 9.17) is 18.9 Å². The number of carbonyl (C=O) groups excluding carboxylic acids is 1. The van der Waals surface area contributed by atoms with Gasteiger partial charge in [-0.2, -0.15) is 0 Å². The van der Waals surface area contributed by atoms with Gasteiger partial charge in [0.1, 0.15) is 5.41 Å². The number of rotatable bonds is 12. The summed E-state index contributed by atoms with van der Waals surface area (Å²) in [7, 11) is 0. The molecule has 2 aromatic rings. The van der Waals surface area contributed by atoms with Crippen LogP contribution in [0, 0.1) is 51.8 Å². The van der Waals surface area contributed by atoms with E-state index in [9.17, 15) is 5.11 Å². The Bertz CT molecular complexity index is 1610. The van der Waals surface area contributed by atoms with E-state index in [0.29, 0.717) is 36.9 Å². The molecule has 7 nitrogen and oxygen atoms in total. The van der Waals surface area contributed by atoms with Crippen molar-refractivity contribution in [3.05, 3.63) is 83.4 Å². The van der Waals surface area contributed by atoms with Gasteiger partial charge in [-0.25, -0.2) is 0 Å². The Kier molecular flexibility index (Phi) is 10.1. The quantitative estimate of drug-likeness (QED) is 0.173. The van der Waals surface area contributed by atoms with E-state index in [1.807, 2.05) is 36.4 Å². The first kappa shape index (κ1) is 37.1. The van der Waals surface area contributed by atoms with Crippen LogP contribution in [0.5, 0.6) is 0 Å². The minimum Gasteiger partial charge on any atom is -0.452 e. The molecule has 9 rings (SSSR count). The largest absolute Gasteiger partial charge is 0.452 e. The highest BCUT2D eigenvalue weighted by Gasteiger charge is 2.88. The molecule has 0 aromatic heterocycles. The topological polar surface area (TPSA) is 77.5 Å². The molecule has 3 saturated carbocycles. The number of benzene rings is 2. The Morgan fingerprint density at radius 1 is 0.926 bits per heavy atom. The summed E-state index contributed by atoms with van der Waals surface area (Å²) < 4.78 is 28.4. The first-order chi connectivity index (χ1) is 26.3. The number of esters is 1. The predicted octanol–water partition coefficient (Wildman–Crippen LogP) is 8.37. The monoisotopic (exact) mass is 737 g/mol. The number of ether oxygens (including phenoxy) is 4. The summed E-state index contributed by atoms with van der Waals surface area (Å²) in [6.45, 7) is 11.5. The Balaban J connectivity index is 1.22. The van der Waals surface area contributed by atoms with Crippen molar-refractivity contribution in [2.24, 2.45) is 51.8 Å². The number of aliphatic hydroxyl groups excluding tert-OH is 1. The third-order valence-corrected chi connectivity index (χ3v) is 15.8. The van der Waals surface area contributed by atoms with Gasteiger partial charge in [-0.3, -0.25) is 4.79 Å². The lowest BCUT2D eigenvalue weighted by Gasteiger charge is -2.63. The molecule has 3 heterocycles. The standard InChI is InChI=1S/C47H63NO6/c1-31(2)39-27-36-28-46(44-51-24-25-52-44)38-20-19-32(3)37(38)29-45(36,41-26-35(18-13-23-49)40(53-41)30-48-21-11-6-12-22-48)47(39,46)43(50)54-42(33-14-7-4-8-15-33)34-16-9-5-10-17-34/h4-5,7-10,14-17,27,31-32,35-38,40-42,44,49H,6,11-13,18-26,28-30H2,1-3H3/t32-,35?,36?,37-,38-,40?,41?,45?,46?,47?/m1/s1. The Hall–Kier alpha value is -2.55. The molecule has 1 N–H and O–H groups in total. The second-order valence-corrected chi connectivity index (χ2v) is 18.5. The van der Waals surface area contributed by atoms with Crippen molar-refractivity contribution in [2.75, 3.05) is 39.5 Å². The molecule has 7 heteroatoms. The van der Waals surface area contributed by atoms with Crippen LogP contribution in [-0.2, 0) is 23.7 Å². The van der Waals surface area contributed by atoms with Crippen molar-refractivity contribution < 1.29 is 28.8 Å². The number of carbonyl (C=O) groups is 1. The van der Waals surface area contributed by atoms with Gasteiger partial charge in [0.05, 0.1) is 25.4 Å². The molecule has 3 aliphatic heterocycles. The first-order valence-corrected chi connectivity index (χ1v) is 21.6. The van der Waals surface area contributed by atoms with Crippen molar-refractivity contribution >= 4 is 5.97 Å². The average molecular weight is 738 g/mol. The van der Waals surface area contributed by atoms with Crippen LogP contribution >= 0.6 is 0 Å². The van der Waals surface area contributed by atoms with Gasteiger partial charge in [0.25, 0.3) is 0 Å². The lowest BCUT2D eigenvalue weighted by atomic mass is 9.40. The minimum atomic E-state index is -0.965. The second kappa shape index (κ2) is 14.8. The van der Waals surface area contributed by atoms with Crippen molar-refractivity contribution in [1.29, 1.82) is 0 Å². The van der Waals surface area contributed by atoms with Crippen LogP contribution in [0.3, 0.4) is 0 Å². The normalized spacial score (nSPS) is 39.1. The summed E-state index contributed by atoms with van der Waals surface area (Å²) in [6.07, 6.45) is 12.0. The van der Waals surface area contributed by atoms with Crippen LogP contribution in [0.1, 0.15) is 102 Å². The van der Waals surface area contributed by atoms with Crippen molar-refractivity contribution in [3.63, 3.8) is 0 Å². The van der Waals surface area contributed by atoms with Gasteiger partial charge in [0, 0.05) is 24.0 Å². The van der Waals surface area contributed by atoms with Crippen LogP contribution in [0.15, 0.2) is 72.3 Å². The van der Waals surface area contributed by atoms with Gasteiger partial charge in [-0.05, 0) is 111 Å². The fourth-order valence-electron chi connectivity index (χ4n) is 13.9. The maximum atomic E-state index is 16.5. The van der Waals surface area contributed by atoms with Crippen LogP contribution < -0.4 is 0 Å². The summed E-state index contributed by atoms with van der Waals surface area (Å²) in [6, 6.07) is 20.6. The highest BCUT2D eigenvalue weighted by Crippen LogP contribution is 2.86. The maximum Gasteiger partial charge on any atom is 0.318 e. The SMILES string of the molecule is CC(C)C1=CC2CC3(C4OCCO4)[C@@H]4CC[C@@H](C)[C@H]4CC2(C2CC(CCCO)C(CN4CCCCC4)O2)C13C(=O)OC(c1ccccc1)c1ccccc1. The molecule has 54 heavy (non-hydrogen) atoms. The fraction of sp³-hybridized carbons (Fsp3) is 0.681. The maximum absolute atomic E-state index is 16.5. The average Bonchev–Trinajstić information content (AvgIpc) is 4.03. The van der Waals surface area contributed by atoms with Crippen LogP contribution in [0.25, 0.3) is 0 Å². The number of hydrogen-bond acceptors (Lipinski definition) is 7. The second-order valence-electron chi connectivity index (χ2n) is 18.5. The predicted molar refractivity (Wildman–Crippen MR) is 208 cm³/mol. The number of piperidine rings is 1. The minimum absolute atomic E-state index is 0.0816. The van der Waals surface area contributed by atoms with Gasteiger partial charge in [0.15, 0.2) is 12.4 Å². The summed E-state index contributed by atoms with van der Waals surface area (Å²) in [5.74, 6) is 1.85. The number of likely N-dealkylation sites (tertiary alicyclic amines) is 1. The zero-order valence-corrected chi connectivity index (χ0v) is 32.9. The Morgan fingerprint density at radius 3 is 2.26 bits per heavy atom. The molecule has 0 spiro atoms. The van der Waals surface area contributed by atoms with E-state index in [2.05, 4.69) is 56.0 Å². The van der Waals surface area contributed by atoms with Crippen molar-refractivity contribution in [3.8, 4) is 0 Å². The van der Waals surface area contributed by atoms with E-state index >= 15 is 4.79 Å². The van der Waals surface area contributed by atoms with Crippen LogP contribution in [0.4, 0.5) is 0 Å². The number of hydrogen-bond donors (Lipinski definition) is 1. The molecule has 0 amide bonds. The number of allylic oxidation sites excluding steroid dienone is 1. The lowest BCUT2D eigenvalue weighted by molar-refractivity contribution is -0.256. The van der Waals surface area contributed by atoms with Gasteiger partial charge in [-0.15, -0.1) is 0 Å². The molecule has 7 aliphatic rings. The van der Waals surface area contributed by atoms with E-state index < -0.39 is 28.6 Å². The molecular formula is C47H63NO6. The summed E-state index contributed by atoms with van der Waals surface area (Å²) in [4.78, 5) is 19.1. The Morgan fingerprint density at radius 2 is 1.61 bits per heavy atom. The third-order valence-electron chi connectivity index (χ3n) is 15.8. The van der Waals surface area contributed by atoms with Gasteiger partial charge in [-0.1, -0.05) is 106 Å². The third kappa shape index (κ3) is 5.49. The van der Waals surface area contributed by atoms with E-state index in [-0.39, 0.29) is 36.6 Å². The molecule has 7 unspecified atom stereocenters. The molecule has 4 aliphatic carbocycles. The van der Waals surface area contributed by atoms with Crippen LogP contribution in [0.2, 0.25) is 0 Å². The van der Waals surface area contributed by atoms with Crippen molar-refractivity contribution in [2.45, 2.75) is 110 Å². The number of aliphatic hydroxyl groups is 1. The van der Waals surface area contributed by atoms with Crippen molar-refractivity contribution in [1.82, 2.24) is 4.90 Å². The first-order valence-electron chi connectivity index (χ1n) is 21.6. The fourth-order valence-corrected chi connectivity index (χ4v) is 13.9. The molecular weight excluding hydrogens is 675 g/mol. The smallest absolute Gasteiger partial charge is 0.318 e. The molecule has 10 atom stereocenters. The van der Waals surface area contributed by atoms with Gasteiger partial charge >= 0.3 is 5.97 Å². The van der Waals surface area contributed by atoms with E-state index in [1.54, 1.807) is 0 Å². The molecule has 0 radical (unpaired) electrons. The molecule has 4 bridgehead atoms. The summed E-state index contributed by atoms with van der Waals surface area (Å²) in [5.41, 5.74) is 1.19. The number of nitrogens with zero attached hydrogens (tertiary/aromatic N) is 1. The molecule has 292 valence electrons. The highest BCUT2D eigenvalue weighted by molar-refractivity contribution is 5.87. The highest BCUT2D eigenvalue weighted by atomic mass is 16.7. The Labute approximate surface area is 323 Å². The molecule has 2 aromatic carbocycles. The zero-order valence-electron chi connectivity index (χ0n) is 32.9. The van der Waals surface area contributed by atoms with E-state index in [1.165, 1.54) is 24.8 Å². The summed E-state index contributed by atoms with van der Waals surface area (Å²) in [5, 5.41) is 10.1. The summed E-state index contributed by atoms with van der Waals surface area (Å²) >= 11 is 0. The van der Waals surface area contributed by atoms with Gasteiger partial charge < -0.3 is 29.0 Å². The molecule has 6 fully saturated rings. The van der Waals surface area contributed by atoms with Gasteiger partial charge in [0.2, 0.25) is 0 Å². The molecule has 3 saturated heterocycles. The zero-order chi connectivity index (χ0) is 37.1.